The van der Waals surface area contributed by atoms with Crippen molar-refractivity contribution in [2.45, 2.75) is 20.0 Å². The molecule has 0 bridgehead atoms. The molecular weight excluding hydrogens is 322 g/mol. The molecule has 0 fully saturated rings. The van der Waals surface area contributed by atoms with Crippen LogP contribution in [0, 0.1) is 0 Å². The Balaban J connectivity index is 2.26. The van der Waals surface area contributed by atoms with Gasteiger partial charge in [-0.25, -0.2) is 0 Å². The fourth-order valence-corrected chi connectivity index (χ4v) is 2.86. The predicted molar refractivity (Wildman–Crippen MR) is 86.7 cm³/mol. The average Bonchev–Trinajstić information content (AvgIpc) is 3.02. The van der Waals surface area contributed by atoms with Crippen molar-refractivity contribution < 1.29 is 23.0 Å². The van der Waals surface area contributed by atoms with Crippen LogP contribution in [0.4, 0.5) is 8.78 Å². The molecule has 0 aliphatic carbocycles. The van der Waals surface area contributed by atoms with Crippen LogP contribution < -0.4 is 9.47 Å². The van der Waals surface area contributed by atoms with Crippen molar-refractivity contribution in [2.24, 2.45) is 0 Å². The summed E-state index contributed by atoms with van der Waals surface area (Å²) < 4.78 is 34.6. The first-order valence-electron chi connectivity index (χ1n) is 6.98. The van der Waals surface area contributed by atoms with Crippen LogP contribution in [0.3, 0.4) is 0 Å². The van der Waals surface area contributed by atoms with E-state index in [9.17, 15) is 13.6 Å². The average molecular weight is 338 g/mol. The van der Waals surface area contributed by atoms with Gasteiger partial charge in [0.2, 0.25) is 0 Å². The molecule has 0 spiro atoms. The van der Waals surface area contributed by atoms with Gasteiger partial charge in [-0.15, -0.1) is 11.3 Å². The Labute approximate surface area is 137 Å². The lowest BCUT2D eigenvalue weighted by Crippen LogP contribution is -2.05. The summed E-state index contributed by atoms with van der Waals surface area (Å²) in [5.74, 6) is -0.0840. The lowest BCUT2D eigenvalue weighted by atomic mass is 10.1. The first-order valence-corrected chi connectivity index (χ1v) is 7.79. The minimum absolute atomic E-state index is 0.0884. The van der Waals surface area contributed by atoms with Crippen LogP contribution in [0.5, 0.6) is 11.5 Å². The number of hydrogen-bond donors (Lipinski definition) is 0. The highest BCUT2D eigenvalue weighted by Crippen LogP contribution is 2.33. The number of rotatable bonds is 7. The molecule has 1 aromatic heterocycles. The van der Waals surface area contributed by atoms with Gasteiger partial charge in [-0.3, -0.25) is 4.79 Å². The number of alkyl halides is 2. The highest BCUT2D eigenvalue weighted by Gasteiger charge is 2.14. The lowest BCUT2D eigenvalue weighted by molar-refractivity contribution is -0.0513. The number of hydrogen-bond acceptors (Lipinski definition) is 4. The zero-order valence-electron chi connectivity index (χ0n) is 12.7. The molecule has 122 valence electrons. The van der Waals surface area contributed by atoms with Crippen LogP contribution in [-0.4, -0.2) is 19.5 Å². The van der Waals surface area contributed by atoms with E-state index in [0.717, 1.165) is 11.3 Å². The third-order valence-corrected chi connectivity index (χ3v) is 4.35. The fraction of sp³-hybridized carbons (Fsp3) is 0.235. The number of allylic oxidation sites excluding steroid dienone is 1. The van der Waals surface area contributed by atoms with E-state index in [1.165, 1.54) is 36.7 Å². The summed E-state index contributed by atoms with van der Waals surface area (Å²) in [7, 11) is 1.37. The SMILES string of the molecule is CCc1ccc(C(=O)/C=C\c2cccc(OC)c2OC(F)F)s1. The number of methoxy groups -OCH3 is 1. The number of halogens is 2. The number of thiophene rings is 1. The summed E-state index contributed by atoms with van der Waals surface area (Å²) in [6.07, 6.45) is 3.66. The summed E-state index contributed by atoms with van der Waals surface area (Å²) >= 11 is 1.42. The number of benzene rings is 1. The molecule has 6 heteroatoms. The number of carbonyl (C=O) groups excluding carboxylic acids is 1. The second-order valence-corrected chi connectivity index (χ2v) is 5.74. The molecule has 0 N–H and O–H groups in total. The molecule has 2 aromatic rings. The van der Waals surface area contributed by atoms with Crippen molar-refractivity contribution >= 4 is 23.2 Å². The number of ether oxygens (including phenoxy) is 2. The Hall–Kier alpha value is -2.21. The molecule has 3 nitrogen and oxygen atoms in total. The van der Waals surface area contributed by atoms with E-state index in [1.807, 2.05) is 13.0 Å². The molecule has 1 heterocycles. The minimum Gasteiger partial charge on any atom is -0.493 e. The summed E-state index contributed by atoms with van der Waals surface area (Å²) in [6, 6.07) is 8.40. The molecule has 0 saturated carbocycles. The molecule has 0 aliphatic heterocycles. The smallest absolute Gasteiger partial charge is 0.387 e. The zero-order valence-corrected chi connectivity index (χ0v) is 13.5. The Morgan fingerprint density at radius 1 is 1.30 bits per heavy atom. The van der Waals surface area contributed by atoms with Crippen LogP contribution in [0.15, 0.2) is 36.4 Å². The van der Waals surface area contributed by atoms with Gasteiger partial charge in [0.05, 0.1) is 12.0 Å². The molecule has 0 radical (unpaired) electrons. The summed E-state index contributed by atoms with van der Waals surface area (Å²) in [4.78, 5) is 13.9. The van der Waals surface area contributed by atoms with Crippen molar-refractivity contribution in [3.05, 3.63) is 51.7 Å². The predicted octanol–water partition coefficient (Wildman–Crippen LogP) is 4.82. The first-order chi connectivity index (χ1) is 11.0. The molecule has 1 aromatic carbocycles. The normalized spacial score (nSPS) is 11.2. The second kappa shape index (κ2) is 7.87. The number of ketones is 1. The van der Waals surface area contributed by atoms with Crippen molar-refractivity contribution in [3.63, 3.8) is 0 Å². The third-order valence-electron chi connectivity index (χ3n) is 3.10. The topological polar surface area (TPSA) is 35.5 Å². The van der Waals surface area contributed by atoms with Crippen molar-refractivity contribution in [1.29, 1.82) is 0 Å². The molecule has 2 rings (SSSR count). The van der Waals surface area contributed by atoms with Crippen LogP contribution >= 0.6 is 11.3 Å². The standard InChI is InChI=1S/C17H16F2O3S/c1-3-12-8-10-15(23-12)13(20)9-7-11-5-4-6-14(21-2)16(11)22-17(18)19/h4-10,17H,3H2,1-2H3/b9-7-. The number of carbonyl (C=O) groups is 1. The van der Waals surface area contributed by atoms with Crippen LogP contribution in [-0.2, 0) is 6.42 Å². The molecule has 23 heavy (non-hydrogen) atoms. The number of para-hydroxylation sites is 1. The highest BCUT2D eigenvalue weighted by molar-refractivity contribution is 7.14. The molecule has 0 atom stereocenters. The van der Waals surface area contributed by atoms with E-state index in [4.69, 9.17) is 4.74 Å². The van der Waals surface area contributed by atoms with Crippen molar-refractivity contribution in [2.75, 3.05) is 7.11 Å². The van der Waals surface area contributed by atoms with E-state index in [-0.39, 0.29) is 17.3 Å². The van der Waals surface area contributed by atoms with Gasteiger partial charge in [-0.2, -0.15) is 8.78 Å². The third kappa shape index (κ3) is 4.39. The Bertz CT molecular complexity index is 708. The minimum atomic E-state index is -2.97. The molecule has 0 aliphatic rings. The summed E-state index contributed by atoms with van der Waals surface area (Å²) in [6.45, 7) is -0.960. The van der Waals surface area contributed by atoms with Gasteiger partial charge in [0.15, 0.2) is 17.3 Å². The Kier molecular flexibility index (Phi) is 5.87. The van der Waals surface area contributed by atoms with Crippen molar-refractivity contribution in [3.8, 4) is 11.5 Å². The van der Waals surface area contributed by atoms with Gasteiger partial charge in [0.25, 0.3) is 0 Å². The van der Waals surface area contributed by atoms with E-state index >= 15 is 0 Å². The molecular formula is C17H16F2O3S. The second-order valence-electron chi connectivity index (χ2n) is 4.57. The molecule has 0 unspecified atom stereocenters. The molecule has 0 saturated heterocycles. The summed E-state index contributed by atoms with van der Waals surface area (Å²) in [5, 5.41) is 0. The monoisotopic (exact) mass is 338 g/mol. The maximum Gasteiger partial charge on any atom is 0.387 e. The van der Waals surface area contributed by atoms with E-state index in [1.54, 1.807) is 18.2 Å². The quantitative estimate of drug-likeness (QED) is 0.536. The van der Waals surface area contributed by atoms with E-state index in [2.05, 4.69) is 4.74 Å². The maximum atomic E-state index is 12.6. The van der Waals surface area contributed by atoms with Gasteiger partial charge >= 0.3 is 6.61 Å². The van der Waals surface area contributed by atoms with Gasteiger partial charge in [-0.05, 0) is 36.8 Å². The zero-order chi connectivity index (χ0) is 16.8. The lowest BCUT2D eigenvalue weighted by Gasteiger charge is -2.12. The highest BCUT2D eigenvalue weighted by atomic mass is 32.1. The maximum absolute atomic E-state index is 12.6. The largest absolute Gasteiger partial charge is 0.493 e. The van der Waals surface area contributed by atoms with E-state index in [0.29, 0.717) is 10.4 Å². The number of aryl methyl sites for hydroxylation is 1. The Morgan fingerprint density at radius 3 is 2.70 bits per heavy atom. The fourth-order valence-electron chi connectivity index (χ4n) is 1.99. The summed E-state index contributed by atoms with van der Waals surface area (Å²) in [5.41, 5.74) is 0.352. The van der Waals surface area contributed by atoms with Gasteiger partial charge in [-0.1, -0.05) is 19.1 Å². The van der Waals surface area contributed by atoms with Gasteiger partial charge in [0, 0.05) is 10.4 Å². The van der Waals surface area contributed by atoms with Gasteiger partial charge in [0.1, 0.15) is 0 Å². The molecule has 0 amide bonds. The van der Waals surface area contributed by atoms with Crippen LogP contribution in [0.25, 0.3) is 6.08 Å². The van der Waals surface area contributed by atoms with Crippen LogP contribution in [0.1, 0.15) is 27.0 Å². The van der Waals surface area contributed by atoms with E-state index < -0.39 is 6.61 Å². The van der Waals surface area contributed by atoms with Crippen LogP contribution in [0.2, 0.25) is 0 Å². The van der Waals surface area contributed by atoms with Gasteiger partial charge < -0.3 is 9.47 Å². The Morgan fingerprint density at radius 2 is 2.09 bits per heavy atom. The first kappa shape index (κ1) is 17.1. The van der Waals surface area contributed by atoms with Crippen molar-refractivity contribution in [1.82, 2.24) is 0 Å².